The molecule has 0 bridgehead atoms. The number of hydrogen-bond donors (Lipinski definition) is 1. The van der Waals surface area contributed by atoms with E-state index < -0.39 is 0 Å². The Labute approximate surface area is 129 Å². The molecular weight excluding hydrogens is 274 g/mol. The minimum absolute atomic E-state index is 0.0651. The van der Waals surface area contributed by atoms with Crippen LogP contribution in [-0.2, 0) is 0 Å². The zero-order valence-corrected chi connectivity index (χ0v) is 13.0. The molecule has 2 aromatic carbocycles. The van der Waals surface area contributed by atoms with Crippen LogP contribution in [0, 0.1) is 13.8 Å². The molecule has 0 amide bonds. The third-order valence-electron chi connectivity index (χ3n) is 3.90. The number of fused-ring (bicyclic) bond motifs is 1. The number of rotatable bonds is 2. The third-order valence-corrected chi connectivity index (χ3v) is 3.90. The maximum Gasteiger partial charge on any atom is 0.266 e. The lowest BCUT2D eigenvalue weighted by Crippen LogP contribution is -2.28. The van der Waals surface area contributed by atoms with E-state index in [1.54, 1.807) is 4.57 Å². The van der Waals surface area contributed by atoms with Crippen molar-refractivity contribution in [2.24, 2.45) is 5.73 Å². The Morgan fingerprint density at radius 2 is 1.73 bits per heavy atom. The van der Waals surface area contributed by atoms with Gasteiger partial charge in [0.15, 0.2) is 0 Å². The van der Waals surface area contributed by atoms with E-state index in [0.29, 0.717) is 16.7 Å². The molecule has 4 heteroatoms. The van der Waals surface area contributed by atoms with Crippen LogP contribution in [-0.4, -0.2) is 9.55 Å². The van der Waals surface area contributed by atoms with Crippen molar-refractivity contribution >= 4 is 10.9 Å². The molecule has 2 N–H and O–H groups in total. The van der Waals surface area contributed by atoms with Crippen LogP contribution >= 0.6 is 0 Å². The van der Waals surface area contributed by atoms with Gasteiger partial charge in [0.2, 0.25) is 0 Å². The minimum Gasteiger partial charge on any atom is -0.322 e. The van der Waals surface area contributed by atoms with E-state index >= 15 is 0 Å². The van der Waals surface area contributed by atoms with E-state index in [4.69, 9.17) is 5.73 Å². The Morgan fingerprint density at radius 3 is 2.41 bits per heavy atom. The first-order chi connectivity index (χ1) is 10.5. The summed E-state index contributed by atoms with van der Waals surface area (Å²) in [6, 6.07) is 13.1. The molecule has 0 fully saturated rings. The zero-order valence-electron chi connectivity index (χ0n) is 13.0. The van der Waals surface area contributed by atoms with Crippen molar-refractivity contribution in [2.45, 2.75) is 26.8 Å². The van der Waals surface area contributed by atoms with Crippen LogP contribution < -0.4 is 11.3 Å². The van der Waals surface area contributed by atoms with Gasteiger partial charge >= 0.3 is 0 Å². The number of aryl methyl sites for hydroxylation is 2. The average molecular weight is 293 g/mol. The Hall–Kier alpha value is -2.46. The monoisotopic (exact) mass is 293 g/mol. The van der Waals surface area contributed by atoms with Crippen molar-refractivity contribution in [3.05, 3.63) is 69.8 Å². The Bertz CT molecular complexity index is 910. The quantitative estimate of drug-likeness (QED) is 0.790. The normalized spacial score (nSPS) is 12.5. The van der Waals surface area contributed by atoms with Gasteiger partial charge in [-0.1, -0.05) is 30.3 Å². The molecule has 0 spiro atoms. The molecule has 1 atom stereocenters. The van der Waals surface area contributed by atoms with E-state index in [0.717, 1.165) is 16.8 Å². The second kappa shape index (κ2) is 5.39. The van der Waals surface area contributed by atoms with Crippen LogP contribution in [0.25, 0.3) is 16.6 Å². The molecule has 0 saturated carbocycles. The lowest BCUT2D eigenvalue weighted by atomic mass is 10.1. The molecule has 1 heterocycles. The predicted octanol–water partition coefficient (Wildman–Crippen LogP) is 3.02. The van der Waals surface area contributed by atoms with Gasteiger partial charge in [0, 0.05) is 0 Å². The molecule has 0 aliphatic rings. The number of para-hydroxylation sites is 1. The first-order valence-corrected chi connectivity index (χ1v) is 7.34. The first-order valence-electron chi connectivity index (χ1n) is 7.34. The fourth-order valence-corrected chi connectivity index (χ4v) is 2.77. The largest absolute Gasteiger partial charge is 0.322 e. The highest BCUT2D eigenvalue weighted by Gasteiger charge is 2.17. The highest BCUT2D eigenvalue weighted by atomic mass is 16.1. The van der Waals surface area contributed by atoms with Gasteiger partial charge in [-0.05, 0) is 44.0 Å². The van der Waals surface area contributed by atoms with Gasteiger partial charge in [-0.15, -0.1) is 0 Å². The first kappa shape index (κ1) is 14.5. The highest BCUT2D eigenvalue weighted by molar-refractivity contribution is 5.81. The summed E-state index contributed by atoms with van der Waals surface area (Å²) < 4.78 is 1.65. The molecular formula is C18H19N3O. The highest BCUT2D eigenvalue weighted by Crippen LogP contribution is 2.20. The van der Waals surface area contributed by atoms with E-state index in [1.165, 1.54) is 0 Å². The summed E-state index contributed by atoms with van der Waals surface area (Å²) >= 11 is 0. The molecule has 4 nitrogen and oxygen atoms in total. The van der Waals surface area contributed by atoms with E-state index in [2.05, 4.69) is 4.98 Å². The molecule has 3 aromatic rings. The summed E-state index contributed by atoms with van der Waals surface area (Å²) in [4.78, 5) is 17.7. The van der Waals surface area contributed by atoms with Crippen molar-refractivity contribution in [1.82, 2.24) is 9.55 Å². The third kappa shape index (κ3) is 2.22. The number of nitrogens with two attached hydrogens (primary N) is 1. The van der Waals surface area contributed by atoms with Crippen LogP contribution in [0.1, 0.15) is 29.9 Å². The second-order valence-corrected chi connectivity index (χ2v) is 5.65. The summed E-state index contributed by atoms with van der Waals surface area (Å²) in [5.74, 6) is 0.581. The SMILES string of the molecule is Cc1ccccc1-n1c(C(C)N)nc2cccc(C)c2c1=O. The maximum atomic E-state index is 13.1. The van der Waals surface area contributed by atoms with E-state index in [1.807, 2.05) is 63.2 Å². The fourth-order valence-electron chi connectivity index (χ4n) is 2.77. The summed E-state index contributed by atoms with van der Waals surface area (Å²) in [5, 5.41) is 0.648. The number of benzene rings is 2. The average Bonchev–Trinajstić information content (AvgIpc) is 2.48. The second-order valence-electron chi connectivity index (χ2n) is 5.65. The molecule has 3 rings (SSSR count). The van der Waals surface area contributed by atoms with E-state index in [-0.39, 0.29) is 11.6 Å². The van der Waals surface area contributed by atoms with Crippen molar-refractivity contribution in [1.29, 1.82) is 0 Å². The molecule has 0 aliphatic carbocycles. The molecule has 0 radical (unpaired) electrons. The lowest BCUT2D eigenvalue weighted by molar-refractivity contribution is 0.694. The molecule has 22 heavy (non-hydrogen) atoms. The molecule has 0 saturated heterocycles. The topological polar surface area (TPSA) is 60.9 Å². The van der Waals surface area contributed by atoms with Gasteiger partial charge in [0.1, 0.15) is 5.82 Å². The molecule has 1 unspecified atom stereocenters. The molecule has 1 aromatic heterocycles. The van der Waals surface area contributed by atoms with Gasteiger partial charge in [-0.3, -0.25) is 9.36 Å². The maximum absolute atomic E-state index is 13.1. The zero-order chi connectivity index (χ0) is 15.9. The van der Waals surface area contributed by atoms with Crippen molar-refractivity contribution < 1.29 is 0 Å². The standard InChI is InChI=1S/C18H19N3O/c1-11-7-4-5-10-15(11)21-17(13(3)19)20-14-9-6-8-12(2)16(14)18(21)22/h4-10,13H,19H2,1-3H3. The smallest absolute Gasteiger partial charge is 0.266 e. The van der Waals surface area contributed by atoms with E-state index in [9.17, 15) is 4.79 Å². The Balaban J connectivity index is 2.50. The number of nitrogens with zero attached hydrogens (tertiary/aromatic N) is 2. The van der Waals surface area contributed by atoms with Crippen LogP contribution in [0.2, 0.25) is 0 Å². The van der Waals surface area contributed by atoms with Gasteiger partial charge < -0.3 is 5.73 Å². The van der Waals surface area contributed by atoms with Gasteiger partial charge in [-0.2, -0.15) is 0 Å². The van der Waals surface area contributed by atoms with Crippen molar-refractivity contribution in [2.75, 3.05) is 0 Å². The fraction of sp³-hybridized carbons (Fsp3) is 0.222. The number of aromatic nitrogens is 2. The van der Waals surface area contributed by atoms with Crippen molar-refractivity contribution in [3.63, 3.8) is 0 Å². The van der Waals surface area contributed by atoms with Crippen LogP contribution in [0.5, 0.6) is 0 Å². The molecule has 112 valence electrons. The van der Waals surface area contributed by atoms with Gasteiger partial charge in [0.05, 0.1) is 22.6 Å². The Morgan fingerprint density at radius 1 is 1.05 bits per heavy atom. The van der Waals surface area contributed by atoms with Crippen LogP contribution in [0.15, 0.2) is 47.3 Å². The van der Waals surface area contributed by atoms with Gasteiger partial charge in [0.25, 0.3) is 5.56 Å². The summed E-state index contributed by atoms with van der Waals surface area (Å²) in [6.07, 6.45) is 0. The summed E-state index contributed by atoms with van der Waals surface area (Å²) in [5.41, 5.74) is 9.48. The predicted molar refractivity (Wildman–Crippen MR) is 89.4 cm³/mol. The van der Waals surface area contributed by atoms with Crippen LogP contribution in [0.4, 0.5) is 0 Å². The Kier molecular flexibility index (Phi) is 3.54. The van der Waals surface area contributed by atoms with Crippen LogP contribution in [0.3, 0.4) is 0 Å². The minimum atomic E-state index is -0.336. The summed E-state index contributed by atoms with van der Waals surface area (Å²) in [7, 11) is 0. The molecule has 0 aliphatic heterocycles. The van der Waals surface area contributed by atoms with Gasteiger partial charge in [-0.25, -0.2) is 4.98 Å². The lowest BCUT2D eigenvalue weighted by Gasteiger charge is -2.18. The van der Waals surface area contributed by atoms with Crippen molar-refractivity contribution in [3.8, 4) is 5.69 Å². The summed E-state index contributed by atoms with van der Waals surface area (Å²) in [6.45, 7) is 5.76. The number of hydrogen-bond acceptors (Lipinski definition) is 3.